The molecule has 2 heteroatoms. The van der Waals surface area contributed by atoms with Crippen molar-refractivity contribution in [2.45, 2.75) is 19.8 Å². The van der Waals surface area contributed by atoms with E-state index in [0.29, 0.717) is 0 Å². The predicted molar refractivity (Wildman–Crippen MR) is 55.7 cm³/mol. The fourth-order valence-corrected chi connectivity index (χ4v) is 2.13. The standard InChI is InChI=1S/C10H17NS/c1-9(5-6-11-2)8-10-4-3-7-12-10/h3-4,7,9,11H,5-6,8H2,1-2H3. The second-order valence-electron chi connectivity index (χ2n) is 3.28. The first-order chi connectivity index (χ1) is 5.83. The van der Waals surface area contributed by atoms with Gasteiger partial charge in [-0.15, -0.1) is 11.3 Å². The quantitative estimate of drug-likeness (QED) is 0.739. The lowest BCUT2D eigenvalue weighted by Crippen LogP contribution is -2.12. The molecular formula is C10H17NS. The molecule has 0 radical (unpaired) electrons. The van der Waals surface area contributed by atoms with Crippen molar-refractivity contribution in [2.75, 3.05) is 13.6 Å². The highest BCUT2D eigenvalue weighted by Crippen LogP contribution is 2.15. The van der Waals surface area contributed by atoms with Crippen LogP contribution in [0.4, 0.5) is 0 Å². The highest BCUT2D eigenvalue weighted by molar-refractivity contribution is 7.09. The minimum absolute atomic E-state index is 0.802. The predicted octanol–water partition coefficient (Wildman–Crippen LogP) is 2.54. The Balaban J connectivity index is 2.22. The van der Waals surface area contributed by atoms with Gasteiger partial charge in [0.1, 0.15) is 0 Å². The van der Waals surface area contributed by atoms with E-state index in [4.69, 9.17) is 0 Å². The van der Waals surface area contributed by atoms with Crippen LogP contribution in [0, 0.1) is 5.92 Å². The zero-order chi connectivity index (χ0) is 8.81. The Bertz CT molecular complexity index is 194. The van der Waals surface area contributed by atoms with Crippen LogP contribution in [-0.4, -0.2) is 13.6 Å². The molecule has 1 aromatic rings. The van der Waals surface area contributed by atoms with Gasteiger partial charge in [0.05, 0.1) is 0 Å². The Kier molecular flexibility index (Phi) is 4.33. The van der Waals surface area contributed by atoms with Crippen molar-refractivity contribution in [1.29, 1.82) is 0 Å². The van der Waals surface area contributed by atoms with Gasteiger partial charge in [0.25, 0.3) is 0 Å². The first-order valence-corrected chi connectivity index (χ1v) is 5.38. The van der Waals surface area contributed by atoms with Gasteiger partial charge < -0.3 is 5.32 Å². The molecule has 0 aliphatic rings. The van der Waals surface area contributed by atoms with Crippen LogP contribution in [-0.2, 0) is 6.42 Å². The topological polar surface area (TPSA) is 12.0 Å². The monoisotopic (exact) mass is 183 g/mol. The van der Waals surface area contributed by atoms with E-state index in [1.807, 2.05) is 18.4 Å². The third-order valence-electron chi connectivity index (χ3n) is 2.02. The van der Waals surface area contributed by atoms with Crippen LogP contribution < -0.4 is 5.32 Å². The van der Waals surface area contributed by atoms with E-state index in [9.17, 15) is 0 Å². The maximum atomic E-state index is 3.18. The van der Waals surface area contributed by atoms with Gasteiger partial charge in [0, 0.05) is 4.88 Å². The van der Waals surface area contributed by atoms with Crippen LogP contribution in [0.15, 0.2) is 17.5 Å². The Morgan fingerprint density at radius 3 is 3.00 bits per heavy atom. The molecule has 1 aromatic heterocycles. The highest BCUT2D eigenvalue weighted by atomic mass is 32.1. The molecule has 0 aromatic carbocycles. The minimum Gasteiger partial charge on any atom is -0.320 e. The molecule has 0 aliphatic heterocycles. The lowest BCUT2D eigenvalue weighted by molar-refractivity contribution is 0.518. The first-order valence-electron chi connectivity index (χ1n) is 4.50. The third kappa shape index (κ3) is 3.37. The number of hydrogen-bond acceptors (Lipinski definition) is 2. The van der Waals surface area contributed by atoms with Crippen LogP contribution in [0.3, 0.4) is 0 Å². The Morgan fingerprint density at radius 1 is 1.58 bits per heavy atom. The van der Waals surface area contributed by atoms with Crippen molar-refractivity contribution in [3.8, 4) is 0 Å². The summed E-state index contributed by atoms with van der Waals surface area (Å²) in [5.74, 6) is 0.802. The normalized spacial score (nSPS) is 13.2. The molecule has 1 unspecified atom stereocenters. The van der Waals surface area contributed by atoms with E-state index in [1.54, 1.807) is 0 Å². The molecule has 0 spiro atoms. The van der Waals surface area contributed by atoms with Crippen molar-refractivity contribution in [3.63, 3.8) is 0 Å². The summed E-state index contributed by atoms with van der Waals surface area (Å²) in [7, 11) is 2.01. The molecule has 0 fully saturated rings. The molecule has 12 heavy (non-hydrogen) atoms. The van der Waals surface area contributed by atoms with Crippen LogP contribution in [0.25, 0.3) is 0 Å². The average Bonchev–Trinajstić information content (AvgIpc) is 2.53. The molecule has 1 nitrogen and oxygen atoms in total. The molecule has 0 aliphatic carbocycles. The van der Waals surface area contributed by atoms with Crippen LogP contribution >= 0.6 is 11.3 Å². The summed E-state index contributed by atoms with van der Waals surface area (Å²) < 4.78 is 0. The van der Waals surface area contributed by atoms with Gasteiger partial charge in [-0.1, -0.05) is 13.0 Å². The lowest BCUT2D eigenvalue weighted by Gasteiger charge is -2.08. The zero-order valence-electron chi connectivity index (χ0n) is 7.84. The molecular weight excluding hydrogens is 166 g/mol. The van der Waals surface area contributed by atoms with Gasteiger partial charge in [-0.25, -0.2) is 0 Å². The second-order valence-corrected chi connectivity index (χ2v) is 4.31. The van der Waals surface area contributed by atoms with Crippen molar-refractivity contribution < 1.29 is 0 Å². The lowest BCUT2D eigenvalue weighted by atomic mass is 10.0. The Labute approximate surface area is 78.8 Å². The molecule has 0 amide bonds. The molecule has 0 saturated heterocycles. The van der Waals surface area contributed by atoms with Gasteiger partial charge in [0.15, 0.2) is 0 Å². The largest absolute Gasteiger partial charge is 0.320 e. The van der Waals surface area contributed by atoms with Crippen LogP contribution in [0.1, 0.15) is 18.2 Å². The van der Waals surface area contributed by atoms with Gasteiger partial charge in [-0.3, -0.25) is 0 Å². The molecule has 1 rings (SSSR count). The second kappa shape index (κ2) is 5.33. The fourth-order valence-electron chi connectivity index (χ4n) is 1.26. The molecule has 1 heterocycles. The molecule has 0 saturated carbocycles. The van der Waals surface area contributed by atoms with E-state index in [2.05, 4.69) is 29.8 Å². The minimum atomic E-state index is 0.802. The van der Waals surface area contributed by atoms with E-state index >= 15 is 0 Å². The van der Waals surface area contributed by atoms with E-state index in [-0.39, 0.29) is 0 Å². The van der Waals surface area contributed by atoms with Crippen molar-refractivity contribution in [2.24, 2.45) is 5.92 Å². The smallest absolute Gasteiger partial charge is 0.00478 e. The summed E-state index contributed by atoms with van der Waals surface area (Å²) in [6.07, 6.45) is 2.51. The summed E-state index contributed by atoms with van der Waals surface area (Å²) >= 11 is 1.86. The number of hydrogen-bond donors (Lipinski definition) is 1. The van der Waals surface area contributed by atoms with Gasteiger partial charge >= 0.3 is 0 Å². The van der Waals surface area contributed by atoms with Gasteiger partial charge in [-0.2, -0.15) is 0 Å². The summed E-state index contributed by atoms with van der Waals surface area (Å²) in [5.41, 5.74) is 0. The van der Waals surface area contributed by atoms with Crippen LogP contribution in [0.5, 0.6) is 0 Å². The Morgan fingerprint density at radius 2 is 2.42 bits per heavy atom. The Hall–Kier alpha value is -0.340. The third-order valence-corrected chi connectivity index (χ3v) is 2.92. The number of rotatable bonds is 5. The van der Waals surface area contributed by atoms with Crippen molar-refractivity contribution in [1.82, 2.24) is 5.32 Å². The fraction of sp³-hybridized carbons (Fsp3) is 0.600. The summed E-state index contributed by atoms with van der Waals surface area (Å²) in [5, 5.41) is 5.33. The highest BCUT2D eigenvalue weighted by Gasteiger charge is 2.02. The average molecular weight is 183 g/mol. The summed E-state index contributed by atoms with van der Waals surface area (Å²) in [6, 6.07) is 4.35. The maximum Gasteiger partial charge on any atom is 0.00478 e. The molecule has 68 valence electrons. The van der Waals surface area contributed by atoms with E-state index in [0.717, 1.165) is 12.5 Å². The number of nitrogens with one attached hydrogen (secondary N) is 1. The van der Waals surface area contributed by atoms with Crippen molar-refractivity contribution >= 4 is 11.3 Å². The molecule has 1 N–H and O–H groups in total. The van der Waals surface area contributed by atoms with Gasteiger partial charge in [-0.05, 0) is 43.8 Å². The number of thiophene rings is 1. The first kappa shape index (κ1) is 9.75. The summed E-state index contributed by atoms with van der Waals surface area (Å²) in [4.78, 5) is 1.51. The van der Waals surface area contributed by atoms with Crippen molar-refractivity contribution in [3.05, 3.63) is 22.4 Å². The van der Waals surface area contributed by atoms with E-state index in [1.165, 1.54) is 17.7 Å². The summed E-state index contributed by atoms with van der Waals surface area (Å²) in [6.45, 7) is 3.45. The zero-order valence-corrected chi connectivity index (χ0v) is 8.66. The van der Waals surface area contributed by atoms with Crippen LogP contribution in [0.2, 0.25) is 0 Å². The van der Waals surface area contributed by atoms with Gasteiger partial charge in [0.2, 0.25) is 0 Å². The maximum absolute atomic E-state index is 3.18. The molecule has 0 bridgehead atoms. The SMILES string of the molecule is CNCCC(C)Cc1cccs1. The molecule has 1 atom stereocenters. The van der Waals surface area contributed by atoms with E-state index < -0.39 is 0 Å².